The summed E-state index contributed by atoms with van der Waals surface area (Å²) in [5.41, 5.74) is 4.06. The lowest BCUT2D eigenvalue weighted by Crippen LogP contribution is -2.29. The predicted octanol–water partition coefficient (Wildman–Crippen LogP) is 6.05. The molecule has 0 radical (unpaired) electrons. The molecule has 0 aliphatic carbocycles. The second-order valence-corrected chi connectivity index (χ2v) is 10.5. The maximum absolute atomic E-state index is 13.5. The van der Waals surface area contributed by atoms with Gasteiger partial charge in [0.05, 0.1) is 11.6 Å². The van der Waals surface area contributed by atoms with Crippen LogP contribution in [0.3, 0.4) is 0 Å². The number of H-pyrrole nitrogens is 1. The number of nitrogens with one attached hydrogen (secondary N) is 2. The smallest absolute Gasteiger partial charge is 0.300 e. The van der Waals surface area contributed by atoms with Crippen LogP contribution in [0.1, 0.15) is 50.4 Å². The fourth-order valence-electron chi connectivity index (χ4n) is 4.90. The standard InChI is InChI=1S/C31H29N3O4/c1-18(35)33-21-13-15-22(16-14-21)34-27(19-9-11-20(12-10-19)31(2,3)4)26(29(37)30(34)38)28(36)24-17-32-25-8-6-5-7-23(24)25/h5-17,27,32,36H,1-4H3,(H,33,35)/b28-26-. The van der Waals surface area contributed by atoms with Crippen LogP contribution in [0.15, 0.2) is 84.6 Å². The van der Waals surface area contributed by atoms with Gasteiger partial charge >= 0.3 is 0 Å². The average Bonchev–Trinajstić information content (AvgIpc) is 3.42. The number of carbonyl (C=O) groups is 3. The van der Waals surface area contributed by atoms with Crippen molar-refractivity contribution in [3.8, 4) is 0 Å². The number of aliphatic hydroxyl groups excluding tert-OH is 1. The van der Waals surface area contributed by atoms with Crippen molar-refractivity contribution in [1.82, 2.24) is 4.98 Å². The number of aromatic nitrogens is 1. The fraction of sp³-hybridized carbons (Fsp3) is 0.194. The highest BCUT2D eigenvalue weighted by Gasteiger charge is 2.47. The summed E-state index contributed by atoms with van der Waals surface area (Å²) < 4.78 is 0. The number of hydrogen-bond acceptors (Lipinski definition) is 4. The Bertz CT molecular complexity index is 1590. The number of carbonyl (C=O) groups excluding carboxylic acids is 3. The van der Waals surface area contributed by atoms with Gasteiger partial charge in [0.25, 0.3) is 11.7 Å². The number of nitrogens with zero attached hydrogens (tertiary/aromatic N) is 1. The number of ketones is 1. The van der Waals surface area contributed by atoms with E-state index in [-0.39, 0.29) is 22.7 Å². The zero-order valence-electron chi connectivity index (χ0n) is 21.7. The predicted molar refractivity (Wildman–Crippen MR) is 149 cm³/mol. The highest BCUT2D eigenvalue weighted by molar-refractivity contribution is 6.51. The summed E-state index contributed by atoms with van der Waals surface area (Å²) in [6.45, 7) is 7.75. The quantitative estimate of drug-likeness (QED) is 0.178. The van der Waals surface area contributed by atoms with Gasteiger partial charge in [0.1, 0.15) is 5.76 Å². The molecule has 1 aromatic heterocycles. The third-order valence-corrected chi connectivity index (χ3v) is 6.85. The van der Waals surface area contributed by atoms with Crippen LogP contribution in [0.5, 0.6) is 0 Å². The number of para-hydroxylation sites is 1. The highest BCUT2D eigenvalue weighted by Crippen LogP contribution is 2.43. The number of aliphatic hydroxyl groups is 1. The van der Waals surface area contributed by atoms with Crippen molar-refractivity contribution >= 4 is 45.6 Å². The molecule has 3 N–H and O–H groups in total. The molecule has 2 amide bonds. The summed E-state index contributed by atoms with van der Waals surface area (Å²) >= 11 is 0. The summed E-state index contributed by atoms with van der Waals surface area (Å²) in [6, 6.07) is 21.1. The van der Waals surface area contributed by atoms with E-state index in [0.717, 1.165) is 16.5 Å². The molecule has 0 spiro atoms. The van der Waals surface area contributed by atoms with E-state index in [0.29, 0.717) is 22.5 Å². The van der Waals surface area contributed by atoms with Gasteiger partial charge in [0.2, 0.25) is 5.91 Å². The van der Waals surface area contributed by atoms with Crippen LogP contribution < -0.4 is 10.2 Å². The van der Waals surface area contributed by atoms with E-state index in [1.807, 2.05) is 48.5 Å². The normalized spacial score (nSPS) is 17.3. The molecular formula is C31H29N3O4. The number of amides is 2. The van der Waals surface area contributed by atoms with Crippen molar-refractivity contribution < 1.29 is 19.5 Å². The Morgan fingerprint density at radius 1 is 0.947 bits per heavy atom. The van der Waals surface area contributed by atoms with Crippen LogP contribution in [0.25, 0.3) is 16.7 Å². The molecule has 3 aromatic carbocycles. The van der Waals surface area contributed by atoms with Crippen molar-refractivity contribution in [2.24, 2.45) is 0 Å². The van der Waals surface area contributed by atoms with E-state index in [9.17, 15) is 19.5 Å². The summed E-state index contributed by atoms with van der Waals surface area (Å²) in [7, 11) is 0. The van der Waals surface area contributed by atoms with Crippen molar-refractivity contribution in [1.29, 1.82) is 0 Å². The van der Waals surface area contributed by atoms with Crippen LogP contribution in [-0.2, 0) is 19.8 Å². The molecule has 4 aromatic rings. The monoisotopic (exact) mass is 507 g/mol. The lowest BCUT2D eigenvalue weighted by atomic mass is 9.85. The SMILES string of the molecule is CC(=O)Nc1ccc(N2C(=O)C(=O)/C(=C(\O)c3c[nH]c4ccccc34)C2c2ccc(C(C)(C)C)cc2)cc1. The minimum atomic E-state index is -0.843. The third kappa shape index (κ3) is 4.36. The van der Waals surface area contributed by atoms with Crippen molar-refractivity contribution in [3.63, 3.8) is 0 Å². The second kappa shape index (κ2) is 9.34. The van der Waals surface area contributed by atoms with Gasteiger partial charge in [-0.05, 0) is 46.9 Å². The molecule has 1 fully saturated rings. The van der Waals surface area contributed by atoms with Gasteiger partial charge in [-0.15, -0.1) is 0 Å². The number of benzene rings is 3. The zero-order valence-corrected chi connectivity index (χ0v) is 21.7. The van der Waals surface area contributed by atoms with Crippen LogP contribution >= 0.6 is 0 Å². The van der Waals surface area contributed by atoms with Gasteiger partial charge in [-0.1, -0.05) is 63.2 Å². The number of rotatable bonds is 4. The summed E-state index contributed by atoms with van der Waals surface area (Å²) in [5.74, 6) is -1.94. The summed E-state index contributed by atoms with van der Waals surface area (Å²) in [5, 5.41) is 15.0. The molecule has 38 heavy (non-hydrogen) atoms. The minimum Gasteiger partial charge on any atom is -0.507 e. The number of Topliss-reactive ketones (excluding diaryl/α,β-unsaturated/α-hetero) is 1. The molecule has 192 valence electrons. The van der Waals surface area contributed by atoms with E-state index < -0.39 is 17.7 Å². The first kappa shape index (κ1) is 25.0. The van der Waals surface area contributed by atoms with E-state index in [4.69, 9.17) is 0 Å². The third-order valence-electron chi connectivity index (χ3n) is 6.85. The first-order valence-corrected chi connectivity index (χ1v) is 12.4. The molecule has 1 saturated heterocycles. The van der Waals surface area contributed by atoms with E-state index >= 15 is 0 Å². The highest BCUT2D eigenvalue weighted by atomic mass is 16.3. The molecule has 1 atom stereocenters. The number of anilines is 2. The van der Waals surface area contributed by atoms with Gasteiger partial charge in [-0.25, -0.2) is 0 Å². The first-order valence-electron chi connectivity index (χ1n) is 12.4. The largest absolute Gasteiger partial charge is 0.507 e. The molecule has 5 rings (SSSR count). The Morgan fingerprint density at radius 3 is 2.24 bits per heavy atom. The van der Waals surface area contributed by atoms with Gasteiger partial charge in [0, 0.05) is 41.0 Å². The first-order chi connectivity index (χ1) is 18.1. The fourth-order valence-corrected chi connectivity index (χ4v) is 4.90. The zero-order chi connectivity index (χ0) is 27.2. The molecule has 1 aliphatic heterocycles. The van der Waals surface area contributed by atoms with Crippen LogP contribution in [0.4, 0.5) is 11.4 Å². The molecule has 1 aliphatic rings. The number of fused-ring (bicyclic) bond motifs is 1. The van der Waals surface area contributed by atoms with Crippen molar-refractivity contribution in [2.75, 3.05) is 10.2 Å². The number of aromatic amines is 1. The molecular weight excluding hydrogens is 478 g/mol. The van der Waals surface area contributed by atoms with E-state index in [1.165, 1.54) is 11.8 Å². The average molecular weight is 508 g/mol. The lowest BCUT2D eigenvalue weighted by Gasteiger charge is -2.26. The van der Waals surface area contributed by atoms with Crippen molar-refractivity contribution in [2.45, 2.75) is 39.2 Å². The Labute approximate surface area is 220 Å². The lowest BCUT2D eigenvalue weighted by molar-refractivity contribution is -0.132. The summed E-state index contributed by atoms with van der Waals surface area (Å²) in [4.78, 5) is 43.0. The van der Waals surface area contributed by atoms with Gasteiger partial charge in [0.15, 0.2) is 0 Å². The molecule has 7 nitrogen and oxygen atoms in total. The molecule has 1 unspecified atom stereocenters. The summed E-state index contributed by atoms with van der Waals surface area (Å²) in [6.07, 6.45) is 1.65. The Kier molecular flexibility index (Phi) is 6.15. The maximum atomic E-state index is 13.5. The van der Waals surface area contributed by atoms with Crippen LogP contribution in [0, 0.1) is 0 Å². The number of hydrogen-bond donors (Lipinski definition) is 3. The van der Waals surface area contributed by atoms with Gasteiger partial charge in [-0.2, -0.15) is 0 Å². The topological polar surface area (TPSA) is 102 Å². The van der Waals surface area contributed by atoms with E-state index in [2.05, 4.69) is 31.1 Å². The van der Waals surface area contributed by atoms with Crippen LogP contribution in [0.2, 0.25) is 0 Å². The maximum Gasteiger partial charge on any atom is 0.300 e. The molecule has 0 bridgehead atoms. The molecule has 7 heteroatoms. The Morgan fingerprint density at radius 2 is 1.61 bits per heavy atom. The Balaban J connectivity index is 1.68. The van der Waals surface area contributed by atoms with Gasteiger partial charge < -0.3 is 15.4 Å². The minimum absolute atomic E-state index is 0.0224. The molecule has 0 saturated carbocycles. The Hall–Kier alpha value is -4.65. The molecule has 2 heterocycles. The van der Waals surface area contributed by atoms with Crippen molar-refractivity contribution in [3.05, 3.63) is 101 Å². The van der Waals surface area contributed by atoms with E-state index in [1.54, 1.807) is 30.5 Å². The second-order valence-electron chi connectivity index (χ2n) is 10.5. The van der Waals surface area contributed by atoms with Crippen LogP contribution in [-0.4, -0.2) is 27.7 Å². The van der Waals surface area contributed by atoms with Gasteiger partial charge in [-0.3, -0.25) is 19.3 Å².